The third-order valence-corrected chi connectivity index (χ3v) is 3.79. The number of aliphatic carboxylic acids is 1. The summed E-state index contributed by atoms with van der Waals surface area (Å²) in [5.74, 6) is -1.50. The SMILES string of the molecule is CC1CC(C(=O)O)CN(C(=O)C(C)Oc2ccc(F)cc2)C1. The minimum atomic E-state index is -0.878. The van der Waals surface area contributed by atoms with Crippen LogP contribution in [0.4, 0.5) is 4.39 Å². The van der Waals surface area contributed by atoms with E-state index >= 15 is 0 Å². The molecule has 1 heterocycles. The van der Waals surface area contributed by atoms with E-state index in [-0.39, 0.29) is 24.2 Å². The van der Waals surface area contributed by atoms with Crippen LogP contribution < -0.4 is 4.74 Å². The number of likely N-dealkylation sites (tertiary alicyclic amines) is 1. The van der Waals surface area contributed by atoms with E-state index in [1.54, 1.807) is 11.8 Å². The zero-order valence-corrected chi connectivity index (χ0v) is 12.7. The molecule has 6 heteroatoms. The number of rotatable bonds is 4. The Balaban J connectivity index is 2.00. The molecule has 3 atom stereocenters. The van der Waals surface area contributed by atoms with Gasteiger partial charge in [-0.05, 0) is 43.5 Å². The van der Waals surface area contributed by atoms with E-state index < -0.39 is 18.0 Å². The van der Waals surface area contributed by atoms with Crippen molar-refractivity contribution < 1.29 is 23.8 Å². The monoisotopic (exact) mass is 309 g/mol. The average Bonchev–Trinajstić information content (AvgIpc) is 2.48. The van der Waals surface area contributed by atoms with Crippen molar-refractivity contribution in [3.05, 3.63) is 30.1 Å². The normalized spacial score (nSPS) is 23.0. The van der Waals surface area contributed by atoms with E-state index in [2.05, 4.69) is 0 Å². The third kappa shape index (κ3) is 3.96. The molecule has 1 aliphatic rings. The Morgan fingerprint density at radius 2 is 1.95 bits per heavy atom. The van der Waals surface area contributed by atoms with Crippen LogP contribution in [0.2, 0.25) is 0 Å². The maximum Gasteiger partial charge on any atom is 0.308 e. The number of ether oxygens (including phenoxy) is 1. The van der Waals surface area contributed by atoms with Crippen LogP contribution in [0.25, 0.3) is 0 Å². The third-order valence-electron chi connectivity index (χ3n) is 3.79. The maximum absolute atomic E-state index is 12.8. The van der Waals surface area contributed by atoms with Gasteiger partial charge in [-0.2, -0.15) is 0 Å². The number of halogens is 1. The van der Waals surface area contributed by atoms with Gasteiger partial charge in [0.1, 0.15) is 11.6 Å². The molecule has 0 aliphatic carbocycles. The van der Waals surface area contributed by atoms with Gasteiger partial charge in [-0.1, -0.05) is 6.92 Å². The lowest BCUT2D eigenvalue weighted by molar-refractivity contribution is -0.149. The van der Waals surface area contributed by atoms with Crippen molar-refractivity contribution in [2.45, 2.75) is 26.4 Å². The lowest BCUT2D eigenvalue weighted by Gasteiger charge is -2.36. The highest BCUT2D eigenvalue weighted by molar-refractivity contribution is 5.82. The van der Waals surface area contributed by atoms with Crippen molar-refractivity contribution >= 4 is 11.9 Å². The topological polar surface area (TPSA) is 66.8 Å². The molecule has 1 aromatic rings. The molecule has 2 rings (SSSR count). The molecule has 22 heavy (non-hydrogen) atoms. The summed E-state index contributed by atoms with van der Waals surface area (Å²) in [4.78, 5) is 25.1. The van der Waals surface area contributed by atoms with E-state index in [1.807, 2.05) is 6.92 Å². The zero-order chi connectivity index (χ0) is 16.3. The molecule has 0 spiro atoms. The molecule has 1 N–H and O–H groups in total. The zero-order valence-electron chi connectivity index (χ0n) is 12.7. The van der Waals surface area contributed by atoms with Crippen molar-refractivity contribution in [1.82, 2.24) is 4.90 Å². The molecule has 0 saturated carbocycles. The number of hydrogen-bond donors (Lipinski definition) is 1. The summed E-state index contributed by atoms with van der Waals surface area (Å²) in [6.45, 7) is 4.27. The smallest absolute Gasteiger partial charge is 0.308 e. The number of benzene rings is 1. The summed E-state index contributed by atoms with van der Waals surface area (Å²) in [7, 11) is 0. The summed E-state index contributed by atoms with van der Waals surface area (Å²) in [5, 5.41) is 9.15. The number of nitrogens with zero attached hydrogens (tertiary/aromatic N) is 1. The fourth-order valence-corrected chi connectivity index (χ4v) is 2.74. The molecule has 1 amide bonds. The van der Waals surface area contributed by atoms with Crippen molar-refractivity contribution in [3.8, 4) is 5.75 Å². The van der Waals surface area contributed by atoms with Gasteiger partial charge >= 0.3 is 5.97 Å². The Morgan fingerprint density at radius 3 is 2.55 bits per heavy atom. The molecule has 0 aromatic heterocycles. The highest BCUT2D eigenvalue weighted by atomic mass is 19.1. The number of carbonyl (C=O) groups excluding carboxylic acids is 1. The van der Waals surface area contributed by atoms with Crippen LogP contribution in [0.3, 0.4) is 0 Å². The Hall–Kier alpha value is -2.11. The van der Waals surface area contributed by atoms with E-state index in [1.165, 1.54) is 24.3 Å². The standard InChI is InChI=1S/C16H20FNO4/c1-10-7-12(16(20)21)9-18(8-10)15(19)11(2)22-14-5-3-13(17)4-6-14/h3-6,10-12H,7-9H2,1-2H3,(H,20,21). The first-order valence-electron chi connectivity index (χ1n) is 7.30. The molecule has 120 valence electrons. The van der Waals surface area contributed by atoms with Crippen molar-refractivity contribution in [2.24, 2.45) is 11.8 Å². The number of carboxylic acid groups (broad SMARTS) is 1. The van der Waals surface area contributed by atoms with Crippen LogP contribution in [0.1, 0.15) is 20.3 Å². The summed E-state index contributed by atoms with van der Waals surface area (Å²) in [6.07, 6.45) is -0.169. The Bertz CT molecular complexity index is 546. The summed E-state index contributed by atoms with van der Waals surface area (Å²) in [6, 6.07) is 5.43. The summed E-state index contributed by atoms with van der Waals surface area (Å²) >= 11 is 0. The van der Waals surface area contributed by atoms with Crippen LogP contribution in [0.15, 0.2) is 24.3 Å². The highest BCUT2D eigenvalue weighted by Gasteiger charge is 2.34. The number of piperidine rings is 1. The second-order valence-corrected chi connectivity index (χ2v) is 5.83. The first-order chi connectivity index (χ1) is 10.4. The van der Waals surface area contributed by atoms with Gasteiger partial charge in [-0.3, -0.25) is 9.59 Å². The van der Waals surface area contributed by atoms with Gasteiger partial charge in [0.15, 0.2) is 6.10 Å². The second kappa shape index (κ2) is 6.77. The van der Waals surface area contributed by atoms with E-state index in [0.717, 1.165) is 0 Å². The number of carbonyl (C=O) groups is 2. The van der Waals surface area contributed by atoms with Crippen molar-refractivity contribution in [3.63, 3.8) is 0 Å². The summed E-state index contributed by atoms with van der Waals surface area (Å²) < 4.78 is 18.4. The number of carboxylic acids is 1. The van der Waals surface area contributed by atoms with Gasteiger partial charge in [0.25, 0.3) is 5.91 Å². The molecule has 1 saturated heterocycles. The molecular formula is C16H20FNO4. The van der Waals surface area contributed by atoms with Crippen LogP contribution in [0.5, 0.6) is 5.75 Å². The van der Waals surface area contributed by atoms with Gasteiger partial charge in [-0.15, -0.1) is 0 Å². The minimum absolute atomic E-state index is 0.136. The minimum Gasteiger partial charge on any atom is -0.481 e. The van der Waals surface area contributed by atoms with Gasteiger partial charge < -0.3 is 14.7 Å². The van der Waals surface area contributed by atoms with Gasteiger partial charge in [0, 0.05) is 13.1 Å². The molecule has 1 fully saturated rings. The fourth-order valence-electron chi connectivity index (χ4n) is 2.74. The number of hydrogen-bond acceptors (Lipinski definition) is 3. The van der Waals surface area contributed by atoms with Gasteiger partial charge in [-0.25, -0.2) is 4.39 Å². The Kier molecular flexibility index (Phi) is 5.00. The predicted octanol–water partition coefficient (Wildman–Crippen LogP) is 2.16. The molecular weight excluding hydrogens is 289 g/mol. The molecule has 0 bridgehead atoms. The first kappa shape index (κ1) is 16.3. The van der Waals surface area contributed by atoms with E-state index in [0.29, 0.717) is 18.7 Å². The highest BCUT2D eigenvalue weighted by Crippen LogP contribution is 2.23. The van der Waals surface area contributed by atoms with Crippen molar-refractivity contribution in [2.75, 3.05) is 13.1 Å². The van der Waals surface area contributed by atoms with Gasteiger partial charge in [0.2, 0.25) is 0 Å². The molecule has 3 unspecified atom stereocenters. The fraction of sp³-hybridized carbons (Fsp3) is 0.500. The second-order valence-electron chi connectivity index (χ2n) is 5.83. The van der Waals surface area contributed by atoms with Gasteiger partial charge in [0.05, 0.1) is 5.92 Å². The lowest BCUT2D eigenvalue weighted by atomic mass is 9.90. The van der Waals surface area contributed by atoms with E-state index in [4.69, 9.17) is 9.84 Å². The Morgan fingerprint density at radius 1 is 1.32 bits per heavy atom. The van der Waals surface area contributed by atoms with Crippen molar-refractivity contribution in [1.29, 1.82) is 0 Å². The maximum atomic E-state index is 12.8. The van der Waals surface area contributed by atoms with Crippen LogP contribution in [-0.2, 0) is 9.59 Å². The van der Waals surface area contributed by atoms with E-state index in [9.17, 15) is 14.0 Å². The lowest BCUT2D eigenvalue weighted by Crippen LogP contribution is -2.49. The Labute approximate surface area is 128 Å². The average molecular weight is 309 g/mol. The molecule has 5 nitrogen and oxygen atoms in total. The predicted molar refractivity (Wildman–Crippen MR) is 78.0 cm³/mol. The van der Waals surface area contributed by atoms with Crippen LogP contribution >= 0.6 is 0 Å². The molecule has 1 aromatic carbocycles. The van der Waals surface area contributed by atoms with Crippen LogP contribution in [0, 0.1) is 17.7 Å². The first-order valence-corrected chi connectivity index (χ1v) is 7.30. The molecule has 1 aliphatic heterocycles. The molecule has 0 radical (unpaired) electrons. The summed E-state index contributed by atoms with van der Waals surface area (Å²) in [5.41, 5.74) is 0. The largest absolute Gasteiger partial charge is 0.481 e. The quantitative estimate of drug-likeness (QED) is 0.925. The number of amides is 1. The van der Waals surface area contributed by atoms with Crippen LogP contribution in [-0.4, -0.2) is 41.1 Å².